The van der Waals surface area contributed by atoms with Crippen LogP contribution < -0.4 is 4.74 Å². The Kier molecular flexibility index (Phi) is 3.66. The number of nitrogens with zero attached hydrogens (tertiary/aromatic N) is 1. The smallest absolute Gasteiger partial charge is 0.360 e. The molecule has 1 aliphatic carbocycles. The summed E-state index contributed by atoms with van der Waals surface area (Å²) in [4.78, 5) is 3.86. The van der Waals surface area contributed by atoms with Crippen molar-refractivity contribution >= 4 is 52.0 Å². The van der Waals surface area contributed by atoms with Crippen molar-refractivity contribution in [2.45, 2.75) is 25.4 Å². The van der Waals surface area contributed by atoms with Crippen LogP contribution in [-0.4, -0.2) is 16.3 Å². The Labute approximate surface area is 106 Å². The number of thiocarbonyl (C=S) groups is 1. The number of halogens is 2. The highest BCUT2D eigenvalue weighted by Gasteiger charge is 2.21. The van der Waals surface area contributed by atoms with Crippen molar-refractivity contribution in [2.75, 3.05) is 0 Å². The molecule has 1 aliphatic rings. The first-order valence-electron chi connectivity index (χ1n) is 4.35. The highest BCUT2D eigenvalue weighted by atomic mass is 35.5. The number of aromatic nitrogens is 1. The molecule has 1 aromatic heterocycles. The van der Waals surface area contributed by atoms with Gasteiger partial charge in [-0.2, -0.15) is 4.98 Å². The first-order chi connectivity index (χ1) is 7.15. The van der Waals surface area contributed by atoms with Crippen molar-refractivity contribution in [1.29, 1.82) is 0 Å². The molecule has 0 atom stereocenters. The molecule has 0 aromatic carbocycles. The van der Waals surface area contributed by atoms with E-state index in [1.165, 1.54) is 6.42 Å². The normalized spacial score (nSPS) is 15.9. The van der Waals surface area contributed by atoms with E-state index in [-0.39, 0.29) is 16.5 Å². The number of thiazole rings is 1. The Morgan fingerprint density at radius 3 is 2.67 bits per heavy atom. The SMILES string of the molecule is S=C(Oc1nc(Cl)c(Cl)s1)OC1CCC1. The topological polar surface area (TPSA) is 31.4 Å². The van der Waals surface area contributed by atoms with Crippen LogP contribution in [-0.2, 0) is 4.74 Å². The number of hydrogen-bond acceptors (Lipinski definition) is 5. The van der Waals surface area contributed by atoms with E-state index < -0.39 is 0 Å². The summed E-state index contributed by atoms with van der Waals surface area (Å²) in [5, 5.41) is 0.624. The number of rotatable bonds is 2. The van der Waals surface area contributed by atoms with Gasteiger partial charge in [-0.05, 0) is 19.3 Å². The van der Waals surface area contributed by atoms with E-state index in [9.17, 15) is 0 Å². The standard InChI is InChI=1S/C8H7Cl2NO2S2/c9-5-6(10)15-7(11-5)13-8(14)12-4-2-1-3-4/h4H,1-3H2. The molecule has 15 heavy (non-hydrogen) atoms. The van der Waals surface area contributed by atoms with E-state index in [1.807, 2.05) is 0 Å². The Hall–Kier alpha value is -0.100. The zero-order valence-electron chi connectivity index (χ0n) is 7.53. The summed E-state index contributed by atoms with van der Waals surface area (Å²) >= 11 is 17.4. The molecule has 2 rings (SSSR count). The Balaban J connectivity index is 1.87. The molecule has 3 nitrogen and oxygen atoms in total. The van der Waals surface area contributed by atoms with Gasteiger partial charge in [0.2, 0.25) is 0 Å². The van der Waals surface area contributed by atoms with Crippen molar-refractivity contribution in [1.82, 2.24) is 4.98 Å². The summed E-state index contributed by atoms with van der Waals surface area (Å²) in [7, 11) is 0. The minimum Gasteiger partial charge on any atom is -0.453 e. The molecule has 0 amide bonds. The summed E-state index contributed by atoms with van der Waals surface area (Å²) in [5.74, 6) is 0. The van der Waals surface area contributed by atoms with Crippen LogP contribution in [0.4, 0.5) is 0 Å². The van der Waals surface area contributed by atoms with Crippen LogP contribution in [0.5, 0.6) is 5.19 Å². The lowest BCUT2D eigenvalue weighted by atomic mass is 9.96. The maximum atomic E-state index is 5.72. The minimum atomic E-state index is 0.0850. The quantitative estimate of drug-likeness (QED) is 0.775. The molecular formula is C8H7Cl2NO2S2. The Morgan fingerprint density at radius 2 is 2.20 bits per heavy atom. The van der Waals surface area contributed by atoms with Crippen molar-refractivity contribution in [3.05, 3.63) is 9.49 Å². The van der Waals surface area contributed by atoms with Gasteiger partial charge in [-0.1, -0.05) is 34.5 Å². The number of ether oxygens (including phenoxy) is 2. The Bertz CT molecular complexity index is 359. The zero-order valence-corrected chi connectivity index (χ0v) is 10.7. The third-order valence-corrected chi connectivity index (χ3v) is 3.81. The second kappa shape index (κ2) is 4.82. The van der Waals surface area contributed by atoms with Crippen LogP contribution in [0.25, 0.3) is 0 Å². The van der Waals surface area contributed by atoms with Crippen molar-refractivity contribution in [2.24, 2.45) is 0 Å². The van der Waals surface area contributed by atoms with E-state index in [0.717, 1.165) is 24.2 Å². The molecule has 0 aliphatic heterocycles. The number of hydrogen-bond donors (Lipinski definition) is 0. The van der Waals surface area contributed by atoms with Crippen molar-refractivity contribution < 1.29 is 9.47 Å². The molecule has 0 saturated heterocycles. The van der Waals surface area contributed by atoms with E-state index >= 15 is 0 Å². The van der Waals surface area contributed by atoms with E-state index in [2.05, 4.69) is 4.98 Å². The van der Waals surface area contributed by atoms with Gasteiger partial charge < -0.3 is 9.47 Å². The molecule has 82 valence electrons. The fourth-order valence-corrected chi connectivity index (χ4v) is 2.32. The van der Waals surface area contributed by atoms with Gasteiger partial charge in [0.1, 0.15) is 10.4 Å². The average Bonchev–Trinajstić information content (AvgIpc) is 2.39. The van der Waals surface area contributed by atoms with Gasteiger partial charge in [0.25, 0.3) is 5.19 Å². The maximum Gasteiger partial charge on any atom is 0.360 e. The highest BCUT2D eigenvalue weighted by molar-refractivity contribution is 7.79. The fourth-order valence-electron chi connectivity index (χ4n) is 1.03. The molecule has 0 unspecified atom stereocenters. The van der Waals surface area contributed by atoms with Crippen LogP contribution in [0.2, 0.25) is 9.49 Å². The van der Waals surface area contributed by atoms with Crippen LogP contribution in [0, 0.1) is 0 Å². The summed E-state index contributed by atoms with van der Waals surface area (Å²) in [6.45, 7) is 0. The molecule has 0 radical (unpaired) electrons. The van der Waals surface area contributed by atoms with Gasteiger partial charge in [0.05, 0.1) is 0 Å². The molecule has 1 aromatic rings. The lowest BCUT2D eigenvalue weighted by Crippen LogP contribution is -2.26. The summed E-state index contributed by atoms with van der Waals surface area (Å²) < 4.78 is 10.9. The monoisotopic (exact) mass is 283 g/mol. The fraction of sp³-hybridized carbons (Fsp3) is 0.500. The maximum absolute atomic E-state index is 5.72. The summed E-state index contributed by atoms with van der Waals surface area (Å²) in [6, 6.07) is 0. The van der Waals surface area contributed by atoms with Gasteiger partial charge >= 0.3 is 5.24 Å². The summed E-state index contributed by atoms with van der Waals surface area (Å²) in [6.07, 6.45) is 3.44. The van der Waals surface area contributed by atoms with Crippen molar-refractivity contribution in [3.63, 3.8) is 0 Å². The van der Waals surface area contributed by atoms with Crippen LogP contribution in [0.15, 0.2) is 0 Å². The first-order valence-corrected chi connectivity index (χ1v) is 6.33. The van der Waals surface area contributed by atoms with Gasteiger partial charge in [-0.15, -0.1) is 0 Å². The van der Waals surface area contributed by atoms with Gasteiger partial charge in [0.15, 0.2) is 5.15 Å². The second-order valence-corrected chi connectivity index (χ2v) is 5.32. The molecule has 1 heterocycles. The average molecular weight is 284 g/mol. The molecule has 0 N–H and O–H groups in total. The van der Waals surface area contributed by atoms with Crippen LogP contribution in [0.1, 0.15) is 19.3 Å². The largest absolute Gasteiger partial charge is 0.453 e. The third-order valence-electron chi connectivity index (χ3n) is 2.01. The minimum absolute atomic E-state index is 0.0850. The third kappa shape index (κ3) is 2.93. The highest BCUT2D eigenvalue weighted by Crippen LogP contribution is 2.33. The van der Waals surface area contributed by atoms with Gasteiger partial charge in [-0.25, -0.2) is 0 Å². The van der Waals surface area contributed by atoms with E-state index in [0.29, 0.717) is 9.53 Å². The van der Waals surface area contributed by atoms with E-state index in [4.69, 9.17) is 44.9 Å². The van der Waals surface area contributed by atoms with Gasteiger partial charge in [-0.3, -0.25) is 0 Å². The van der Waals surface area contributed by atoms with E-state index in [1.54, 1.807) is 0 Å². The molecule has 0 spiro atoms. The second-order valence-electron chi connectivity index (χ2n) is 3.07. The molecule has 7 heteroatoms. The lowest BCUT2D eigenvalue weighted by molar-refractivity contribution is 0.0871. The molecule has 1 fully saturated rings. The lowest BCUT2D eigenvalue weighted by Gasteiger charge is -2.25. The summed E-state index contributed by atoms with van der Waals surface area (Å²) in [5.41, 5.74) is 0. The van der Waals surface area contributed by atoms with Crippen LogP contribution in [0.3, 0.4) is 0 Å². The molecular weight excluding hydrogens is 277 g/mol. The van der Waals surface area contributed by atoms with Crippen molar-refractivity contribution in [3.8, 4) is 5.19 Å². The predicted octanol–water partition coefficient (Wildman–Crippen LogP) is 3.68. The predicted molar refractivity (Wildman–Crippen MR) is 64.1 cm³/mol. The first kappa shape index (κ1) is 11.4. The zero-order chi connectivity index (χ0) is 10.8. The van der Waals surface area contributed by atoms with Crippen LogP contribution >= 0.6 is 46.8 Å². The molecule has 1 saturated carbocycles. The molecule has 0 bridgehead atoms. The Morgan fingerprint density at radius 1 is 1.47 bits per heavy atom. The van der Waals surface area contributed by atoms with Gasteiger partial charge in [0, 0.05) is 12.2 Å².